The van der Waals surface area contributed by atoms with Crippen LogP contribution < -0.4 is 10.6 Å². The van der Waals surface area contributed by atoms with Crippen LogP contribution in [0.2, 0.25) is 0 Å². The first-order valence-electron chi connectivity index (χ1n) is 7.36. The zero-order valence-electron chi connectivity index (χ0n) is 13.3. The molecular weight excluding hydrogens is 327 g/mol. The van der Waals surface area contributed by atoms with Crippen molar-refractivity contribution in [2.45, 2.75) is 13.5 Å². The van der Waals surface area contributed by atoms with Gasteiger partial charge >= 0.3 is 0 Å². The van der Waals surface area contributed by atoms with Gasteiger partial charge in [-0.3, -0.25) is 9.36 Å². The van der Waals surface area contributed by atoms with Crippen LogP contribution in [-0.2, 0) is 13.6 Å². The van der Waals surface area contributed by atoms with Gasteiger partial charge in [-0.2, -0.15) is 10.2 Å². The van der Waals surface area contributed by atoms with Crippen LogP contribution in [0.3, 0.4) is 0 Å². The van der Waals surface area contributed by atoms with Crippen LogP contribution in [-0.4, -0.2) is 24.7 Å². The molecule has 0 unspecified atom stereocenters. The highest BCUT2D eigenvalue weighted by atomic mass is 32.1. The first kappa shape index (κ1) is 16.1. The van der Waals surface area contributed by atoms with E-state index >= 15 is 0 Å². The third-order valence-electron chi connectivity index (χ3n) is 3.62. The van der Waals surface area contributed by atoms with Crippen molar-refractivity contribution in [2.24, 2.45) is 7.05 Å². The van der Waals surface area contributed by atoms with Gasteiger partial charge in [-0.05, 0) is 36.8 Å². The first-order valence-corrected chi connectivity index (χ1v) is 7.76. The van der Waals surface area contributed by atoms with Crippen molar-refractivity contribution in [2.75, 3.05) is 10.6 Å². The fourth-order valence-electron chi connectivity index (χ4n) is 2.18. The molecule has 0 spiro atoms. The molecule has 0 aliphatic rings. The summed E-state index contributed by atoms with van der Waals surface area (Å²) in [5, 5.41) is 15.1. The zero-order chi connectivity index (χ0) is 17.1. The number of nitrogens with one attached hydrogen (secondary N) is 2. The number of hydrogen-bond donors (Lipinski definition) is 2. The largest absolute Gasteiger partial charge is 0.330 e. The van der Waals surface area contributed by atoms with Crippen molar-refractivity contribution in [3.05, 3.63) is 59.8 Å². The lowest BCUT2D eigenvalue weighted by atomic mass is 10.2. The number of rotatable bonds is 4. The van der Waals surface area contributed by atoms with Crippen LogP contribution in [0.15, 0.2) is 42.7 Å². The summed E-state index contributed by atoms with van der Waals surface area (Å²) in [5.74, 6) is 0.389. The molecule has 124 valence electrons. The molecule has 8 heteroatoms. The minimum Gasteiger partial charge on any atom is -0.330 e. The Balaban J connectivity index is 1.60. The second-order valence-electron chi connectivity index (χ2n) is 5.37. The van der Waals surface area contributed by atoms with Gasteiger partial charge < -0.3 is 10.6 Å². The van der Waals surface area contributed by atoms with E-state index in [1.54, 1.807) is 27.7 Å². The maximum atomic E-state index is 12.9. The van der Waals surface area contributed by atoms with Crippen molar-refractivity contribution < 1.29 is 4.39 Å². The average molecular weight is 344 g/mol. The monoisotopic (exact) mass is 344 g/mol. The highest BCUT2D eigenvalue weighted by molar-refractivity contribution is 7.80. The Hall–Kier alpha value is -2.74. The molecule has 2 aromatic heterocycles. The fraction of sp³-hybridized carbons (Fsp3) is 0.188. The number of aromatic nitrogens is 4. The second kappa shape index (κ2) is 6.79. The Morgan fingerprint density at radius 1 is 1.21 bits per heavy atom. The van der Waals surface area contributed by atoms with Gasteiger partial charge in [0.15, 0.2) is 10.9 Å². The Morgan fingerprint density at radius 3 is 2.62 bits per heavy atom. The minimum atomic E-state index is -0.247. The highest BCUT2D eigenvalue weighted by Crippen LogP contribution is 2.13. The third kappa shape index (κ3) is 3.77. The SMILES string of the molecule is Cc1c(NC(=S)Nc2ccn(Cc3ccc(F)cc3)n2)cnn1C. The third-order valence-corrected chi connectivity index (χ3v) is 3.83. The summed E-state index contributed by atoms with van der Waals surface area (Å²) in [6, 6.07) is 8.18. The second-order valence-corrected chi connectivity index (χ2v) is 5.78. The molecule has 6 nitrogen and oxygen atoms in total. The van der Waals surface area contributed by atoms with Crippen LogP contribution >= 0.6 is 12.2 Å². The maximum absolute atomic E-state index is 12.9. The predicted molar refractivity (Wildman–Crippen MR) is 95.5 cm³/mol. The van der Waals surface area contributed by atoms with Crippen LogP contribution in [0.5, 0.6) is 0 Å². The molecule has 0 amide bonds. The van der Waals surface area contributed by atoms with Crippen molar-refractivity contribution >= 4 is 28.8 Å². The Morgan fingerprint density at radius 2 is 1.96 bits per heavy atom. The van der Waals surface area contributed by atoms with E-state index in [1.165, 1.54) is 12.1 Å². The van der Waals surface area contributed by atoms with Crippen molar-refractivity contribution in [1.29, 1.82) is 0 Å². The van der Waals surface area contributed by atoms with Gasteiger partial charge in [0.1, 0.15) is 5.82 Å². The van der Waals surface area contributed by atoms with Crippen LogP contribution in [0.25, 0.3) is 0 Å². The molecule has 0 aliphatic carbocycles. The Kier molecular flexibility index (Phi) is 4.57. The summed E-state index contributed by atoms with van der Waals surface area (Å²) in [6.07, 6.45) is 3.56. The highest BCUT2D eigenvalue weighted by Gasteiger charge is 2.07. The first-order chi connectivity index (χ1) is 11.5. The Bertz CT molecular complexity index is 852. The molecule has 0 saturated carbocycles. The van der Waals surface area contributed by atoms with E-state index < -0.39 is 0 Å². The number of halogens is 1. The van der Waals surface area contributed by atoms with E-state index in [9.17, 15) is 4.39 Å². The summed E-state index contributed by atoms with van der Waals surface area (Å²) in [7, 11) is 1.87. The molecule has 0 radical (unpaired) electrons. The van der Waals surface area contributed by atoms with Gasteiger partial charge in [-0.1, -0.05) is 12.1 Å². The minimum absolute atomic E-state index is 0.247. The molecule has 24 heavy (non-hydrogen) atoms. The molecule has 0 fully saturated rings. The van der Waals surface area contributed by atoms with Crippen LogP contribution in [0.4, 0.5) is 15.9 Å². The maximum Gasteiger partial charge on any atom is 0.176 e. The molecule has 0 atom stereocenters. The van der Waals surface area contributed by atoms with E-state index in [1.807, 2.05) is 26.2 Å². The van der Waals surface area contributed by atoms with E-state index in [0.29, 0.717) is 17.5 Å². The summed E-state index contributed by atoms with van der Waals surface area (Å²) >= 11 is 5.29. The van der Waals surface area contributed by atoms with Crippen molar-refractivity contribution in [3.63, 3.8) is 0 Å². The van der Waals surface area contributed by atoms with Gasteiger partial charge in [0.05, 0.1) is 24.1 Å². The molecule has 1 aromatic carbocycles. The number of benzene rings is 1. The zero-order valence-corrected chi connectivity index (χ0v) is 14.1. The molecule has 3 aromatic rings. The van der Waals surface area contributed by atoms with Crippen LogP contribution in [0.1, 0.15) is 11.3 Å². The van der Waals surface area contributed by atoms with E-state index in [0.717, 1.165) is 16.9 Å². The quantitative estimate of drug-likeness (QED) is 0.713. The number of anilines is 2. The molecule has 0 bridgehead atoms. The van der Waals surface area contributed by atoms with Gasteiger partial charge in [-0.15, -0.1) is 0 Å². The average Bonchev–Trinajstić information content (AvgIpc) is 3.11. The lowest BCUT2D eigenvalue weighted by molar-refractivity contribution is 0.624. The molecule has 2 heterocycles. The van der Waals surface area contributed by atoms with E-state index in [4.69, 9.17) is 12.2 Å². The van der Waals surface area contributed by atoms with Crippen LogP contribution in [0, 0.1) is 12.7 Å². The predicted octanol–water partition coefficient (Wildman–Crippen LogP) is 2.92. The smallest absolute Gasteiger partial charge is 0.176 e. The number of nitrogens with zero attached hydrogens (tertiary/aromatic N) is 4. The van der Waals surface area contributed by atoms with Gasteiger partial charge in [0, 0.05) is 19.3 Å². The van der Waals surface area contributed by atoms with Crippen molar-refractivity contribution in [1.82, 2.24) is 19.6 Å². The van der Waals surface area contributed by atoms with Crippen molar-refractivity contribution in [3.8, 4) is 0 Å². The molecule has 2 N–H and O–H groups in total. The standard InChI is InChI=1S/C16H17FN6S/c1-11-14(9-18-22(11)2)19-16(24)20-15-7-8-23(21-15)10-12-3-5-13(17)6-4-12/h3-9H,10H2,1-2H3,(H2,19,20,21,24). The lowest BCUT2D eigenvalue weighted by Gasteiger charge is -2.08. The number of hydrogen-bond acceptors (Lipinski definition) is 3. The van der Waals surface area contributed by atoms with Gasteiger partial charge in [-0.25, -0.2) is 4.39 Å². The van der Waals surface area contributed by atoms with E-state index in [-0.39, 0.29) is 5.82 Å². The molecule has 0 aliphatic heterocycles. The topological polar surface area (TPSA) is 59.7 Å². The molecule has 3 rings (SSSR count). The lowest BCUT2D eigenvalue weighted by Crippen LogP contribution is -2.20. The summed E-state index contributed by atoms with van der Waals surface area (Å²) in [5.41, 5.74) is 2.81. The summed E-state index contributed by atoms with van der Waals surface area (Å²) in [6.45, 7) is 2.51. The fourth-order valence-corrected chi connectivity index (χ4v) is 2.40. The van der Waals surface area contributed by atoms with E-state index in [2.05, 4.69) is 20.8 Å². The Labute approximate surface area is 144 Å². The molecule has 0 saturated heterocycles. The molecular formula is C16H17FN6S. The van der Waals surface area contributed by atoms with Gasteiger partial charge in [0.2, 0.25) is 0 Å². The number of thiocarbonyl (C=S) groups is 1. The van der Waals surface area contributed by atoms with Gasteiger partial charge in [0.25, 0.3) is 0 Å². The normalized spacial score (nSPS) is 10.6. The summed E-state index contributed by atoms with van der Waals surface area (Å²) < 4.78 is 16.4. The number of aryl methyl sites for hydroxylation is 1. The summed E-state index contributed by atoms with van der Waals surface area (Å²) in [4.78, 5) is 0.